The third kappa shape index (κ3) is 4.38. The normalized spacial score (nSPS) is 13.4. The van der Waals surface area contributed by atoms with E-state index in [-0.39, 0.29) is 5.56 Å². The number of rotatable bonds is 6. The quantitative estimate of drug-likeness (QED) is 0.472. The van der Waals surface area contributed by atoms with E-state index >= 15 is 0 Å². The first-order valence-corrected chi connectivity index (χ1v) is 10.9. The van der Waals surface area contributed by atoms with Crippen molar-refractivity contribution in [3.8, 4) is 34.1 Å². The lowest BCUT2D eigenvalue weighted by Gasteiger charge is -2.27. The number of ether oxygens (including phenoxy) is 2. The number of H-pyrrole nitrogens is 1. The molecule has 0 saturated heterocycles. The number of hydrogen-bond acceptors (Lipinski definition) is 8. The SMILES string of the molecule is COc1ccc(OC)c(-c2ccc(CN3CCc4nc(-c5cncnc5)[nH]c(=O)c4C3)cn2)c1. The molecule has 4 aromatic rings. The predicted octanol–water partition coefficient (Wildman–Crippen LogP) is 2.86. The summed E-state index contributed by atoms with van der Waals surface area (Å²) in [5.41, 5.74) is 4.86. The van der Waals surface area contributed by atoms with Gasteiger partial charge in [-0.05, 0) is 29.8 Å². The molecule has 0 atom stereocenters. The molecule has 0 saturated carbocycles. The van der Waals surface area contributed by atoms with Crippen LogP contribution in [0.3, 0.4) is 0 Å². The first-order valence-electron chi connectivity index (χ1n) is 10.9. The molecule has 1 aromatic carbocycles. The maximum Gasteiger partial charge on any atom is 0.255 e. The molecule has 0 unspecified atom stereocenters. The van der Waals surface area contributed by atoms with Crippen molar-refractivity contribution in [2.75, 3.05) is 20.8 Å². The van der Waals surface area contributed by atoms with Crippen LogP contribution in [0.15, 0.2) is 60.0 Å². The first kappa shape index (κ1) is 21.7. The summed E-state index contributed by atoms with van der Waals surface area (Å²) in [7, 11) is 3.28. The maximum atomic E-state index is 12.8. The smallest absolute Gasteiger partial charge is 0.255 e. The maximum absolute atomic E-state index is 12.8. The van der Waals surface area contributed by atoms with Gasteiger partial charge in [0.1, 0.15) is 23.7 Å². The van der Waals surface area contributed by atoms with E-state index in [0.29, 0.717) is 36.5 Å². The average Bonchev–Trinajstić information content (AvgIpc) is 2.89. The van der Waals surface area contributed by atoms with Crippen LogP contribution < -0.4 is 15.0 Å². The average molecular weight is 457 g/mol. The van der Waals surface area contributed by atoms with Crippen molar-refractivity contribution in [3.05, 3.63) is 82.4 Å². The summed E-state index contributed by atoms with van der Waals surface area (Å²) in [6.07, 6.45) is 7.30. The molecule has 0 fully saturated rings. The summed E-state index contributed by atoms with van der Waals surface area (Å²) < 4.78 is 10.8. The number of fused-ring (bicyclic) bond motifs is 1. The molecule has 1 N–H and O–H groups in total. The molecule has 0 aliphatic carbocycles. The lowest BCUT2D eigenvalue weighted by molar-refractivity contribution is 0.241. The summed E-state index contributed by atoms with van der Waals surface area (Å²) >= 11 is 0. The number of aromatic nitrogens is 5. The van der Waals surface area contributed by atoms with Crippen LogP contribution >= 0.6 is 0 Å². The molecule has 3 aromatic heterocycles. The Hall–Kier alpha value is -4.11. The number of hydrogen-bond donors (Lipinski definition) is 1. The van der Waals surface area contributed by atoms with Gasteiger partial charge in [-0.15, -0.1) is 0 Å². The van der Waals surface area contributed by atoms with Gasteiger partial charge in [0.05, 0.1) is 36.7 Å². The lowest BCUT2D eigenvalue weighted by Crippen LogP contribution is -2.35. The Kier molecular flexibility index (Phi) is 6.01. The highest BCUT2D eigenvalue weighted by molar-refractivity contribution is 5.69. The monoisotopic (exact) mass is 456 g/mol. The van der Waals surface area contributed by atoms with Crippen molar-refractivity contribution in [3.63, 3.8) is 0 Å². The Morgan fingerprint density at radius 3 is 2.65 bits per heavy atom. The van der Waals surface area contributed by atoms with Crippen LogP contribution in [0.1, 0.15) is 16.8 Å². The Morgan fingerprint density at radius 2 is 1.91 bits per heavy atom. The van der Waals surface area contributed by atoms with Gasteiger partial charge in [0.25, 0.3) is 5.56 Å². The van der Waals surface area contributed by atoms with Crippen molar-refractivity contribution < 1.29 is 9.47 Å². The first-order chi connectivity index (χ1) is 16.6. The van der Waals surface area contributed by atoms with Crippen molar-refractivity contribution in [2.45, 2.75) is 19.5 Å². The number of nitrogens with zero attached hydrogens (tertiary/aromatic N) is 5. The van der Waals surface area contributed by atoms with E-state index in [4.69, 9.17) is 9.47 Å². The number of benzene rings is 1. The van der Waals surface area contributed by atoms with Gasteiger partial charge in [0, 0.05) is 50.2 Å². The van der Waals surface area contributed by atoms with Crippen LogP contribution in [-0.4, -0.2) is 50.6 Å². The zero-order valence-electron chi connectivity index (χ0n) is 19.0. The molecular weight excluding hydrogens is 432 g/mol. The van der Waals surface area contributed by atoms with E-state index in [2.05, 4.69) is 35.9 Å². The summed E-state index contributed by atoms with van der Waals surface area (Å²) in [5, 5.41) is 0. The van der Waals surface area contributed by atoms with Crippen LogP contribution in [0.2, 0.25) is 0 Å². The molecule has 0 bridgehead atoms. The molecule has 0 radical (unpaired) electrons. The zero-order chi connectivity index (χ0) is 23.5. The Balaban J connectivity index is 1.32. The van der Waals surface area contributed by atoms with Crippen molar-refractivity contribution >= 4 is 0 Å². The number of nitrogens with one attached hydrogen (secondary N) is 1. The molecular formula is C25H24N6O3. The molecule has 9 heteroatoms. The second-order valence-electron chi connectivity index (χ2n) is 8.05. The molecule has 1 aliphatic rings. The molecule has 0 amide bonds. The van der Waals surface area contributed by atoms with E-state index < -0.39 is 0 Å². The standard InChI is InChI=1S/C25H24N6O3/c1-33-18-4-6-23(34-2)19(9-18)21-5-3-16(10-28-21)13-31-8-7-22-20(14-31)25(32)30-24(29-22)17-11-26-15-27-12-17/h3-6,9-12,15H,7-8,13-14H2,1-2H3,(H,29,30,32). The van der Waals surface area contributed by atoms with Gasteiger partial charge in [-0.2, -0.15) is 0 Å². The minimum atomic E-state index is -0.118. The van der Waals surface area contributed by atoms with Crippen LogP contribution in [0.4, 0.5) is 0 Å². The van der Waals surface area contributed by atoms with Gasteiger partial charge >= 0.3 is 0 Å². The molecule has 4 heterocycles. The van der Waals surface area contributed by atoms with E-state index in [0.717, 1.165) is 40.6 Å². The largest absolute Gasteiger partial charge is 0.497 e. The highest BCUT2D eigenvalue weighted by atomic mass is 16.5. The van der Waals surface area contributed by atoms with Gasteiger partial charge in [0.15, 0.2) is 0 Å². The zero-order valence-corrected chi connectivity index (χ0v) is 19.0. The number of methoxy groups -OCH3 is 2. The second kappa shape index (κ2) is 9.40. The molecule has 5 rings (SSSR count). The van der Waals surface area contributed by atoms with Crippen LogP contribution in [0, 0.1) is 0 Å². The van der Waals surface area contributed by atoms with Crippen molar-refractivity contribution in [1.82, 2.24) is 29.8 Å². The van der Waals surface area contributed by atoms with Gasteiger partial charge in [0.2, 0.25) is 0 Å². The summed E-state index contributed by atoms with van der Waals surface area (Å²) in [5.74, 6) is 1.99. The van der Waals surface area contributed by atoms with E-state index in [1.165, 1.54) is 6.33 Å². The topological polar surface area (TPSA) is 106 Å². The third-order valence-corrected chi connectivity index (χ3v) is 5.90. The highest BCUT2D eigenvalue weighted by Crippen LogP contribution is 2.32. The van der Waals surface area contributed by atoms with E-state index in [1.807, 2.05) is 30.5 Å². The number of pyridine rings is 1. The fourth-order valence-corrected chi connectivity index (χ4v) is 4.12. The summed E-state index contributed by atoms with van der Waals surface area (Å²) in [6.45, 7) is 2.03. The van der Waals surface area contributed by atoms with Gasteiger partial charge < -0.3 is 14.5 Å². The van der Waals surface area contributed by atoms with E-state index in [1.54, 1.807) is 26.6 Å². The van der Waals surface area contributed by atoms with Crippen LogP contribution in [0.5, 0.6) is 11.5 Å². The number of aromatic amines is 1. The third-order valence-electron chi connectivity index (χ3n) is 5.90. The Morgan fingerprint density at radius 1 is 1.06 bits per heavy atom. The fourth-order valence-electron chi connectivity index (χ4n) is 4.12. The van der Waals surface area contributed by atoms with Gasteiger partial charge in [-0.3, -0.25) is 14.7 Å². The fraction of sp³-hybridized carbons (Fsp3) is 0.240. The minimum absolute atomic E-state index is 0.118. The Bertz CT molecular complexity index is 1360. The van der Waals surface area contributed by atoms with Crippen LogP contribution in [-0.2, 0) is 19.5 Å². The van der Waals surface area contributed by atoms with E-state index in [9.17, 15) is 4.79 Å². The van der Waals surface area contributed by atoms with Crippen molar-refractivity contribution in [1.29, 1.82) is 0 Å². The van der Waals surface area contributed by atoms with Crippen LogP contribution in [0.25, 0.3) is 22.6 Å². The highest BCUT2D eigenvalue weighted by Gasteiger charge is 2.22. The molecule has 0 spiro atoms. The van der Waals surface area contributed by atoms with Gasteiger partial charge in [-0.1, -0.05) is 6.07 Å². The Labute approximate surface area is 196 Å². The predicted molar refractivity (Wildman–Crippen MR) is 126 cm³/mol. The summed E-state index contributed by atoms with van der Waals surface area (Å²) in [6, 6.07) is 9.68. The van der Waals surface area contributed by atoms with Gasteiger partial charge in [-0.25, -0.2) is 15.0 Å². The molecule has 34 heavy (non-hydrogen) atoms. The molecule has 1 aliphatic heterocycles. The second-order valence-corrected chi connectivity index (χ2v) is 8.05. The molecule has 172 valence electrons. The van der Waals surface area contributed by atoms with Crippen molar-refractivity contribution in [2.24, 2.45) is 0 Å². The minimum Gasteiger partial charge on any atom is -0.497 e. The molecule has 9 nitrogen and oxygen atoms in total. The lowest BCUT2D eigenvalue weighted by atomic mass is 10.1. The summed E-state index contributed by atoms with van der Waals surface area (Å²) in [4.78, 5) is 35.2.